The first-order valence-corrected chi connectivity index (χ1v) is 9.12. The standard InChI is InChI=1S/C17H26N4OS/c1-4-12-21-14(3)19-20-17(21)23-13(2)16(22)18-11-10-15-8-6-5-7-9-15/h4,8,13H,1,5-7,9-12H2,2-3H3,(H,18,22). The second-order valence-electron chi connectivity index (χ2n) is 5.84. The van der Waals surface area contributed by atoms with Crippen molar-refractivity contribution >= 4 is 17.7 Å². The number of aromatic nitrogens is 3. The lowest BCUT2D eigenvalue weighted by molar-refractivity contribution is -0.120. The van der Waals surface area contributed by atoms with Gasteiger partial charge in [-0.3, -0.25) is 4.79 Å². The SMILES string of the molecule is C=CCn1c(C)nnc1SC(C)C(=O)NCCC1=CCCCC1. The summed E-state index contributed by atoms with van der Waals surface area (Å²) in [6.07, 6.45) is 10.1. The number of rotatable bonds is 8. The minimum Gasteiger partial charge on any atom is -0.355 e. The molecule has 6 heteroatoms. The van der Waals surface area contributed by atoms with E-state index in [1.54, 1.807) is 0 Å². The van der Waals surface area contributed by atoms with E-state index in [2.05, 4.69) is 28.2 Å². The van der Waals surface area contributed by atoms with Crippen LogP contribution >= 0.6 is 11.8 Å². The lowest BCUT2D eigenvalue weighted by Crippen LogP contribution is -2.32. The second kappa shape index (κ2) is 8.91. The molecule has 1 amide bonds. The molecule has 0 saturated heterocycles. The molecule has 1 aromatic heterocycles. The van der Waals surface area contributed by atoms with E-state index in [0.29, 0.717) is 13.1 Å². The molecule has 23 heavy (non-hydrogen) atoms. The molecule has 2 rings (SSSR count). The van der Waals surface area contributed by atoms with E-state index < -0.39 is 0 Å². The van der Waals surface area contributed by atoms with Crippen LogP contribution in [0.15, 0.2) is 29.5 Å². The van der Waals surface area contributed by atoms with E-state index in [1.807, 2.05) is 24.5 Å². The van der Waals surface area contributed by atoms with Crippen molar-refractivity contribution in [2.45, 2.75) is 62.9 Å². The molecule has 0 saturated carbocycles. The van der Waals surface area contributed by atoms with Crippen molar-refractivity contribution in [1.29, 1.82) is 0 Å². The number of amides is 1. The highest BCUT2D eigenvalue weighted by Gasteiger charge is 2.18. The summed E-state index contributed by atoms with van der Waals surface area (Å²) in [4.78, 5) is 12.2. The van der Waals surface area contributed by atoms with Gasteiger partial charge in [-0.05, 0) is 46.0 Å². The molecule has 5 nitrogen and oxygen atoms in total. The number of hydrogen-bond donors (Lipinski definition) is 1. The minimum atomic E-state index is -0.192. The van der Waals surface area contributed by atoms with E-state index in [1.165, 1.54) is 43.0 Å². The van der Waals surface area contributed by atoms with E-state index >= 15 is 0 Å². The average Bonchev–Trinajstić information content (AvgIpc) is 2.89. The van der Waals surface area contributed by atoms with Gasteiger partial charge in [-0.2, -0.15) is 0 Å². The first-order chi connectivity index (χ1) is 11.1. The summed E-state index contributed by atoms with van der Waals surface area (Å²) in [5.74, 6) is 0.890. The third-order valence-electron chi connectivity index (χ3n) is 4.00. The van der Waals surface area contributed by atoms with Crippen LogP contribution in [0.4, 0.5) is 0 Å². The summed E-state index contributed by atoms with van der Waals surface area (Å²) in [6.45, 7) is 8.93. The molecule has 0 aromatic carbocycles. The highest BCUT2D eigenvalue weighted by molar-refractivity contribution is 8.00. The maximum atomic E-state index is 12.2. The number of allylic oxidation sites excluding steroid dienone is 2. The molecule has 1 atom stereocenters. The van der Waals surface area contributed by atoms with Crippen LogP contribution in [0, 0.1) is 6.92 Å². The lowest BCUT2D eigenvalue weighted by Gasteiger charge is -2.15. The molecule has 1 aromatic rings. The summed E-state index contributed by atoms with van der Waals surface area (Å²) in [5.41, 5.74) is 1.48. The Bertz CT molecular complexity index is 579. The van der Waals surface area contributed by atoms with Crippen molar-refractivity contribution < 1.29 is 4.79 Å². The number of thioether (sulfide) groups is 1. The Morgan fingerprint density at radius 3 is 3.04 bits per heavy atom. The van der Waals surface area contributed by atoms with Crippen molar-refractivity contribution in [3.63, 3.8) is 0 Å². The fraction of sp³-hybridized carbons (Fsp3) is 0.588. The van der Waals surface area contributed by atoms with Gasteiger partial charge in [0.25, 0.3) is 0 Å². The third kappa shape index (κ3) is 5.23. The Balaban J connectivity index is 1.80. The summed E-state index contributed by atoms with van der Waals surface area (Å²) >= 11 is 1.44. The molecule has 126 valence electrons. The molecule has 0 radical (unpaired) electrons. The average molecular weight is 334 g/mol. The summed E-state index contributed by atoms with van der Waals surface area (Å²) in [7, 11) is 0. The van der Waals surface area contributed by atoms with E-state index in [9.17, 15) is 4.79 Å². The molecule has 0 bridgehead atoms. The largest absolute Gasteiger partial charge is 0.355 e. The van der Waals surface area contributed by atoms with Gasteiger partial charge in [-0.1, -0.05) is 29.5 Å². The zero-order valence-electron chi connectivity index (χ0n) is 14.0. The molecule has 0 fully saturated rings. The zero-order chi connectivity index (χ0) is 16.7. The van der Waals surface area contributed by atoms with Crippen molar-refractivity contribution in [1.82, 2.24) is 20.1 Å². The Morgan fingerprint density at radius 2 is 2.35 bits per heavy atom. The van der Waals surface area contributed by atoms with Crippen LogP contribution < -0.4 is 5.32 Å². The molecule has 1 aliphatic rings. The number of aryl methyl sites for hydroxylation is 1. The second-order valence-corrected chi connectivity index (χ2v) is 7.15. The monoisotopic (exact) mass is 334 g/mol. The van der Waals surface area contributed by atoms with Crippen molar-refractivity contribution in [2.24, 2.45) is 0 Å². The van der Waals surface area contributed by atoms with Crippen LogP contribution in [0.25, 0.3) is 0 Å². The summed E-state index contributed by atoms with van der Waals surface area (Å²) in [5, 5.41) is 11.8. The van der Waals surface area contributed by atoms with Gasteiger partial charge in [0.2, 0.25) is 5.91 Å². The zero-order valence-corrected chi connectivity index (χ0v) is 14.9. The highest BCUT2D eigenvalue weighted by atomic mass is 32.2. The molecule has 0 spiro atoms. The number of hydrogen-bond acceptors (Lipinski definition) is 4. The number of carbonyl (C=O) groups is 1. The molecular weight excluding hydrogens is 308 g/mol. The van der Waals surface area contributed by atoms with Gasteiger partial charge in [-0.15, -0.1) is 16.8 Å². The van der Waals surface area contributed by atoms with Crippen molar-refractivity contribution in [3.05, 3.63) is 30.1 Å². The topological polar surface area (TPSA) is 59.8 Å². The Morgan fingerprint density at radius 1 is 1.52 bits per heavy atom. The first-order valence-electron chi connectivity index (χ1n) is 8.24. The smallest absolute Gasteiger partial charge is 0.233 e. The number of nitrogens with one attached hydrogen (secondary N) is 1. The minimum absolute atomic E-state index is 0.0530. The molecule has 1 aliphatic carbocycles. The summed E-state index contributed by atoms with van der Waals surface area (Å²) < 4.78 is 1.97. The first kappa shape index (κ1) is 17.8. The van der Waals surface area contributed by atoms with Gasteiger partial charge >= 0.3 is 0 Å². The fourth-order valence-electron chi connectivity index (χ4n) is 2.62. The van der Waals surface area contributed by atoms with Crippen LogP contribution in [-0.4, -0.2) is 32.5 Å². The van der Waals surface area contributed by atoms with Crippen LogP contribution in [0.5, 0.6) is 0 Å². The van der Waals surface area contributed by atoms with Crippen LogP contribution in [-0.2, 0) is 11.3 Å². The molecular formula is C17H26N4OS. The van der Waals surface area contributed by atoms with Crippen LogP contribution in [0.3, 0.4) is 0 Å². The van der Waals surface area contributed by atoms with Crippen LogP contribution in [0.1, 0.15) is 44.9 Å². The van der Waals surface area contributed by atoms with Gasteiger partial charge < -0.3 is 9.88 Å². The van der Waals surface area contributed by atoms with Gasteiger partial charge in [0, 0.05) is 13.1 Å². The third-order valence-corrected chi connectivity index (χ3v) is 5.08. The Hall–Kier alpha value is -1.56. The Kier molecular flexibility index (Phi) is 6.89. The van der Waals surface area contributed by atoms with Gasteiger partial charge in [0.05, 0.1) is 5.25 Å². The molecule has 1 heterocycles. The van der Waals surface area contributed by atoms with Crippen molar-refractivity contribution in [3.8, 4) is 0 Å². The maximum absolute atomic E-state index is 12.2. The highest BCUT2D eigenvalue weighted by Crippen LogP contribution is 2.23. The predicted octanol–water partition coefficient (Wildman–Crippen LogP) is 3.26. The molecule has 1 N–H and O–H groups in total. The fourth-order valence-corrected chi connectivity index (χ4v) is 3.55. The molecule has 1 unspecified atom stereocenters. The Labute approximate surface area is 142 Å². The normalized spacial score (nSPS) is 15.8. The number of nitrogens with zero attached hydrogens (tertiary/aromatic N) is 3. The number of carbonyl (C=O) groups excluding carboxylic acids is 1. The molecule has 0 aliphatic heterocycles. The summed E-state index contributed by atoms with van der Waals surface area (Å²) in [6, 6.07) is 0. The lowest BCUT2D eigenvalue weighted by atomic mass is 9.97. The van der Waals surface area contributed by atoms with E-state index in [4.69, 9.17) is 0 Å². The van der Waals surface area contributed by atoms with Gasteiger partial charge in [-0.25, -0.2) is 0 Å². The van der Waals surface area contributed by atoms with E-state index in [0.717, 1.165) is 17.4 Å². The van der Waals surface area contributed by atoms with E-state index in [-0.39, 0.29) is 11.2 Å². The predicted molar refractivity (Wildman–Crippen MR) is 94.5 cm³/mol. The van der Waals surface area contributed by atoms with Gasteiger partial charge in [0.1, 0.15) is 5.82 Å². The maximum Gasteiger partial charge on any atom is 0.233 e. The van der Waals surface area contributed by atoms with Crippen molar-refractivity contribution in [2.75, 3.05) is 6.54 Å². The van der Waals surface area contributed by atoms with Gasteiger partial charge in [0.15, 0.2) is 5.16 Å². The van der Waals surface area contributed by atoms with Crippen LogP contribution in [0.2, 0.25) is 0 Å². The quantitative estimate of drug-likeness (QED) is 0.585.